The Balaban J connectivity index is 0.965. The minimum absolute atomic E-state index is 0.158. The topological polar surface area (TPSA) is 55.9 Å². The second-order valence-corrected chi connectivity index (χ2v) is 18.4. The summed E-state index contributed by atoms with van der Waals surface area (Å²) in [5.74, 6) is 1.89. The van der Waals surface area contributed by atoms with E-state index in [9.17, 15) is 0 Å². The molecule has 1 aliphatic carbocycles. The van der Waals surface area contributed by atoms with Crippen LogP contribution in [0.25, 0.3) is 127 Å². The van der Waals surface area contributed by atoms with Crippen LogP contribution >= 0.6 is 0 Å². The van der Waals surface area contributed by atoms with E-state index < -0.39 is 0 Å². The van der Waals surface area contributed by atoms with Crippen molar-refractivity contribution in [3.8, 4) is 78.7 Å². The number of hydrogen-bond donors (Lipinski definition) is 0. The first-order valence-electron chi connectivity index (χ1n) is 23.3. The first-order chi connectivity index (χ1) is 33.9. The molecule has 2 heterocycles. The normalized spacial score (nSPS) is 12.6. The maximum atomic E-state index is 7.46. The van der Waals surface area contributed by atoms with Gasteiger partial charge < -0.3 is 0 Å². The molecule has 322 valence electrons. The molecule has 5 nitrogen and oxygen atoms in total. The van der Waals surface area contributed by atoms with E-state index in [1.807, 2.05) is 54.7 Å². The summed E-state index contributed by atoms with van der Waals surface area (Å²) < 4.78 is 0. The molecule has 0 N–H and O–H groups in total. The lowest BCUT2D eigenvalue weighted by Gasteiger charge is -2.21. The zero-order valence-electron chi connectivity index (χ0n) is 37.9. The van der Waals surface area contributed by atoms with E-state index in [-0.39, 0.29) is 5.41 Å². The lowest BCUT2D eigenvalue weighted by molar-refractivity contribution is 0.660. The van der Waals surface area contributed by atoms with E-state index in [0.29, 0.717) is 23.2 Å². The molecule has 69 heavy (non-hydrogen) atoms. The molecule has 13 rings (SSSR count). The monoisotopic (exact) mass is 879 g/mol. The highest BCUT2D eigenvalue weighted by molar-refractivity contribution is 6.24. The molecule has 0 aliphatic heterocycles. The predicted molar refractivity (Wildman–Crippen MR) is 284 cm³/mol. The van der Waals surface area contributed by atoms with E-state index in [1.54, 1.807) is 0 Å². The highest BCUT2D eigenvalue weighted by atomic mass is 15.0. The smallest absolute Gasteiger partial charge is 0.187 e. The molecule has 0 saturated heterocycles. The Kier molecular flexibility index (Phi) is 9.18. The Morgan fingerprint density at radius 3 is 1.65 bits per heavy atom. The summed E-state index contributed by atoms with van der Waals surface area (Å²) in [5, 5.41) is 8.01. The zero-order chi connectivity index (χ0) is 46.2. The standard InChI is InChI=1S/C64H41N5/c1-64(2)58-25-12-11-23-51(58)52-31-28-43(36-59(52)64)63-68-61(40-15-5-4-6-16-40)67-62(69-63)42-18-13-17-41(35-42)54-37-56-53-24-14-34-66-60(53)57(38-55(56)49-22-10-9-21-48(49)54)50-33-32-45(46-19-7-8-20-47(46)50)39-26-29-44(65-3)30-27-39/h4-38H,1-2H3. The maximum Gasteiger partial charge on any atom is 0.187 e. The van der Waals surface area contributed by atoms with Crippen molar-refractivity contribution >= 4 is 48.9 Å². The maximum absolute atomic E-state index is 7.46. The van der Waals surface area contributed by atoms with Gasteiger partial charge in [-0.25, -0.2) is 19.8 Å². The van der Waals surface area contributed by atoms with Gasteiger partial charge in [-0.2, -0.15) is 0 Å². The first kappa shape index (κ1) is 40.2. The number of nitrogens with zero attached hydrogens (tertiary/aromatic N) is 5. The van der Waals surface area contributed by atoms with Crippen molar-refractivity contribution in [2.24, 2.45) is 0 Å². The average molecular weight is 880 g/mol. The molecule has 10 aromatic carbocycles. The molecule has 5 heteroatoms. The minimum atomic E-state index is -0.158. The average Bonchev–Trinajstić information content (AvgIpc) is 3.65. The molecule has 0 amide bonds. The van der Waals surface area contributed by atoms with Gasteiger partial charge in [0.1, 0.15) is 0 Å². The van der Waals surface area contributed by atoms with Crippen LogP contribution in [0.2, 0.25) is 0 Å². The van der Waals surface area contributed by atoms with E-state index in [0.717, 1.165) is 82.5 Å². The molecule has 0 saturated carbocycles. The van der Waals surface area contributed by atoms with Gasteiger partial charge >= 0.3 is 0 Å². The Hall–Kier alpha value is -9.11. The summed E-state index contributed by atoms with van der Waals surface area (Å²) in [6.45, 7) is 12.1. The molecule has 0 unspecified atom stereocenters. The van der Waals surface area contributed by atoms with Crippen LogP contribution in [0.1, 0.15) is 25.0 Å². The van der Waals surface area contributed by atoms with Crippen molar-refractivity contribution in [1.82, 2.24) is 19.9 Å². The van der Waals surface area contributed by atoms with Gasteiger partial charge in [-0.3, -0.25) is 4.98 Å². The van der Waals surface area contributed by atoms with Crippen molar-refractivity contribution in [3.05, 3.63) is 235 Å². The number of fused-ring (bicyclic) bond motifs is 9. The number of pyridine rings is 1. The number of benzene rings is 10. The molecule has 0 spiro atoms. The molecule has 12 aromatic rings. The zero-order valence-corrected chi connectivity index (χ0v) is 37.9. The van der Waals surface area contributed by atoms with Gasteiger partial charge in [-0.05, 0) is 113 Å². The van der Waals surface area contributed by atoms with Gasteiger partial charge in [0.2, 0.25) is 0 Å². The molecular formula is C64H41N5. The molecule has 0 bridgehead atoms. The van der Waals surface area contributed by atoms with Crippen molar-refractivity contribution in [2.75, 3.05) is 0 Å². The lowest BCUT2D eigenvalue weighted by Crippen LogP contribution is -2.15. The van der Waals surface area contributed by atoms with Gasteiger partial charge in [0.15, 0.2) is 23.2 Å². The first-order valence-corrected chi connectivity index (χ1v) is 23.3. The fourth-order valence-corrected chi connectivity index (χ4v) is 10.8. The third-order valence-corrected chi connectivity index (χ3v) is 14.2. The second kappa shape index (κ2) is 15.8. The van der Waals surface area contributed by atoms with Crippen molar-refractivity contribution < 1.29 is 0 Å². The Morgan fingerprint density at radius 1 is 0.348 bits per heavy atom. The highest BCUT2D eigenvalue weighted by Gasteiger charge is 2.35. The van der Waals surface area contributed by atoms with Crippen molar-refractivity contribution in [1.29, 1.82) is 0 Å². The lowest BCUT2D eigenvalue weighted by atomic mass is 9.82. The van der Waals surface area contributed by atoms with Gasteiger partial charge in [0.05, 0.1) is 12.1 Å². The van der Waals surface area contributed by atoms with Crippen LogP contribution in [0.5, 0.6) is 0 Å². The van der Waals surface area contributed by atoms with Crippen molar-refractivity contribution in [3.63, 3.8) is 0 Å². The second-order valence-electron chi connectivity index (χ2n) is 18.4. The fraction of sp³-hybridized carbons (Fsp3) is 0.0469. The largest absolute Gasteiger partial charge is 0.256 e. The number of hydrogen-bond acceptors (Lipinski definition) is 4. The highest BCUT2D eigenvalue weighted by Crippen LogP contribution is 2.50. The third-order valence-electron chi connectivity index (χ3n) is 14.2. The van der Waals surface area contributed by atoms with Crippen LogP contribution in [0.15, 0.2) is 212 Å². The summed E-state index contributed by atoms with van der Waals surface area (Å²) in [7, 11) is 0. The molecular weight excluding hydrogens is 839 g/mol. The fourth-order valence-electron chi connectivity index (χ4n) is 10.8. The van der Waals surface area contributed by atoms with Crippen LogP contribution in [0.4, 0.5) is 5.69 Å². The Labute approximate surface area is 399 Å². The van der Waals surface area contributed by atoms with Crippen LogP contribution in [-0.4, -0.2) is 19.9 Å². The summed E-state index contributed by atoms with van der Waals surface area (Å²) in [6.07, 6.45) is 1.90. The summed E-state index contributed by atoms with van der Waals surface area (Å²) in [5.41, 5.74) is 16.0. The van der Waals surface area contributed by atoms with Gasteiger partial charge in [0, 0.05) is 39.3 Å². The van der Waals surface area contributed by atoms with Gasteiger partial charge in [-0.15, -0.1) is 0 Å². The third kappa shape index (κ3) is 6.53. The summed E-state index contributed by atoms with van der Waals surface area (Å²) in [6, 6.07) is 72.8. The Bertz CT molecular complexity index is 4110. The van der Waals surface area contributed by atoms with Crippen LogP contribution < -0.4 is 0 Å². The number of aromatic nitrogens is 4. The van der Waals surface area contributed by atoms with E-state index in [2.05, 4.69) is 176 Å². The minimum Gasteiger partial charge on any atom is -0.256 e. The molecule has 0 atom stereocenters. The van der Waals surface area contributed by atoms with E-state index in [1.165, 1.54) is 33.0 Å². The molecule has 2 aromatic heterocycles. The SMILES string of the molecule is [C-]#[N+]c1ccc(-c2ccc(-c3cc4c5ccccc5c(-c5cccc(-c6nc(-c7ccccc7)nc(-c7ccc8c(c7)C(C)(C)c7ccccc7-8)n6)c5)cc4c4cccnc34)c3ccccc23)cc1. The van der Waals surface area contributed by atoms with E-state index >= 15 is 0 Å². The Morgan fingerprint density at radius 2 is 0.884 bits per heavy atom. The van der Waals surface area contributed by atoms with Crippen LogP contribution in [0.3, 0.4) is 0 Å². The van der Waals surface area contributed by atoms with Gasteiger partial charge in [-0.1, -0.05) is 190 Å². The van der Waals surface area contributed by atoms with Crippen molar-refractivity contribution in [2.45, 2.75) is 19.3 Å². The number of rotatable bonds is 6. The summed E-state index contributed by atoms with van der Waals surface area (Å²) in [4.78, 5) is 24.3. The summed E-state index contributed by atoms with van der Waals surface area (Å²) >= 11 is 0. The molecule has 0 fully saturated rings. The van der Waals surface area contributed by atoms with Gasteiger partial charge in [0.25, 0.3) is 0 Å². The van der Waals surface area contributed by atoms with Crippen LogP contribution in [-0.2, 0) is 5.41 Å². The van der Waals surface area contributed by atoms with E-state index in [4.69, 9.17) is 26.5 Å². The quantitative estimate of drug-likeness (QED) is 0.123. The molecule has 0 radical (unpaired) electrons. The van der Waals surface area contributed by atoms with Crippen LogP contribution in [0, 0.1) is 6.57 Å². The molecule has 1 aliphatic rings. The predicted octanol–water partition coefficient (Wildman–Crippen LogP) is 16.7.